The van der Waals surface area contributed by atoms with Crippen molar-refractivity contribution >= 4 is 11.8 Å². The lowest BCUT2D eigenvalue weighted by Crippen LogP contribution is -2.58. The molecule has 2 amide bonds. The van der Waals surface area contributed by atoms with Crippen molar-refractivity contribution in [2.24, 2.45) is 17.4 Å². The van der Waals surface area contributed by atoms with Crippen molar-refractivity contribution in [3.8, 4) is 0 Å². The number of hydrogen-bond acceptors (Lipinski definition) is 4. The number of amides is 2. The van der Waals surface area contributed by atoms with E-state index < -0.39 is 0 Å². The van der Waals surface area contributed by atoms with Crippen LogP contribution in [-0.4, -0.2) is 60.4 Å². The lowest BCUT2D eigenvalue weighted by molar-refractivity contribution is -0.136. The van der Waals surface area contributed by atoms with Gasteiger partial charge in [-0.05, 0) is 12.8 Å². The molecule has 0 saturated carbocycles. The van der Waals surface area contributed by atoms with E-state index in [-0.39, 0.29) is 23.8 Å². The number of carbonyl (C=O) groups is 2. The summed E-state index contributed by atoms with van der Waals surface area (Å²) in [6.45, 7) is 3.22. The van der Waals surface area contributed by atoms with Gasteiger partial charge in [0.15, 0.2) is 0 Å². The molecule has 1 unspecified atom stereocenters. The first kappa shape index (κ1) is 12.3. The Morgan fingerprint density at radius 3 is 2.53 bits per heavy atom. The number of nitrogens with two attached hydrogens (primary N) is 2. The van der Waals surface area contributed by atoms with Gasteiger partial charge in [0.2, 0.25) is 11.8 Å². The highest BCUT2D eigenvalue weighted by atomic mass is 16.2. The Morgan fingerprint density at radius 1 is 1.24 bits per heavy atom. The molecule has 0 aromatic carbocycles. The van der Waals surface area contributed by atoms with E-state index in [1.165, 1.54) is 0 Å². The summed E-state index contributed by atoms with van der Waals surface area (Å²) in [7, 11) is 0. The summed E-state index contributed by atoms with van der Waals surface area (Å²) in [6, 6.07) is 0.211. The Kier molecular flexibility index (Phi) is 3.63. The zero-order valence-electron chi connectivity index (χ0n) is 9.97. The molecular weight excluding hydrogens is 220 g/mol. The third-order valence-corrected chi connectivity index (χ3v) is 3.52. The van der Waals surface area contributed by atoms with Crippen molar-refractivity contribution in [3.63, 3.8) is 0 Å². The molecule has 17 heavy (non-hydrogen) atoms. The molecule has 0 bridgehead atoms. The predicted molar refractivity (Wildman–Crippen MR) is 62.9 cm³/mol. The second-order valence-corrected chi connectivity index (χ2v) is 5.04. The van der Waals surface area contributed by atoms with Crippen molar-refractivity contribution in [2.45, 2.75) is 18.9 Å². The van der Waals surface area contributed by atoms with Gasteiger partial charge >= 0.3 is 0 Å². The molecule has 6 heteroatoms. The molecule has 0 aromatic rings. The minimum atomic E-state index is -0.298. The first-order valence-corrected chi connectivity index (χ1v) is 6.11. The second kappa shape index (κ2) is 5.01. The van der Waals surface area contributed by atoms with E-state index in [2.05, 4.69) is 0 Å². The molecular formula is C11H20N4O2. The van der Waals surface area contributed by atoms with E-state index >= 15 is 0 Å². The smallest absolute Gasteiger partial charge is 0.236 e. The molecule has 4 N–H and O–H groups in total. The fourth-order valence-corrected chi connectivity index (χ4v) is 2.47. The monoisotopic (exact) mass is 240 g/mol. The molecule has 2 saturated heterocycles. The van der Waals surface area contributed by atoms with E-state index in [1.54, 1.807) is 4.90 Å². The number of likely N-dealkylation sites (tertiary alicyclic amines) is 2. The van der Waals surface area contributed by atoms with Gasteiger partial charge in [-0.25, -0.2) is 0 Å². The summed E-state index contributed by atoms with van der Waals surface area (Å²) >= 11 is 0. The molecule has 2 fully saturated rings. The maximum atomic E-state index is 12.0. The topological polar surface area (TPSA) is 92.7 Å². The summed E-state index contributed by atoms with van der Waals surface area (Å²) in [5, 5.41) is 0. The SMILES string of the molecule is NC(=O)C1CCCN(C(=O)CN2CC(N)C2)C1. The number of piperidine rings is 1. The van der Waals surface area contributed by atoms with Gasteiger partial charge in [0.25, 0.3) is 0 Å². The van der Waals surface area contributed by atoms with Gasteiger partial charge in [-0.1, -0.05) is 0 Å². The van der Waals surface area contributed by atoms with Gasteiger partial charge in [0, 0.05) is 32.2 Å². The van der Waals surface area contributed by atoms with E-state index in [0.29, 0.717) is 13.1 Å². The summed E-state index contributed by atoms with van der Waals surface area (Å²) in [6.07, 6.45) is 1.66. The summed E-state index contributed by atoms with van der Waals surface area (Å²) in [5.41, 5.74) is 10.9. The van der Waals surface area contributed by atoms with Gasteiger partial charge < -0.3 is 16.4 Å². The van der Waals surface area contributed by atoms with Gasteiger partial charge in [0.05, 0.1) is 12.5 Å². The first-order chi connectivity index (χ1) is 8.06. The third kappa shape index (κ3) is 2.95. The molecule has 0 spiro atoms. The Bertz CT molecular complexity index is 315. The van der Waals surface area contributed by atoms with E-state index in [1.807, 2.05) is 4.90 Å². The van der Waals surface area contributed by atoms with Gasteiger partial charge in [-0.3, -0.25) is 14.5 Å². The summed E-state index contributed by atoms with van der Waals surface area (Å²) < 4.78 is 0. The molecule has 0 aromatic heterocycles. The van der Waals surface area contributed by atoms with Crippen LogP contribution in [0, 0.1) is 5.92 Å². The highest BCUT2D eigenvalue weighted by Gasteiger charge is 2.30. The Labute approximate surface area is 101 Å². The summed E-state index contributed by atoms with van der Waals surface area (Å²) in [4.78, 5) is 26.9. The van der Waals surface area contributed by atoms with Gasteiger partial charge in [0.1, 0.15) is 0 Å². The van der Waals surface area contributed by atoms with Crippen LogP contribution in [0.1, 0.15) is 12.8 Å². The molecule has 0 radical (unpaired) electrons. The zero-order chi connectivity index (χ0) is 12.4. The Balaban J connectivity index is 1.80. The van der Waals surface area contributed by atoms with Crippen molar-refractivity contribution in [3.05, 3.63) is 0 Å². The Morgan fingerprint density at radius 2 is 1.94 bits per heavy atom. The van der Waals surface area contributed by atoms with Crippen LogP contribution in [0.15, 0.2) is 0 Å². The average Bonchev–Trinajstić information content (AvgIpc) is 2.27. The van der Waals surface area contributed by atoms with E-state index in [0.717, 1.165) is 32.5 Å². The largest absolute Gasteiger partial charge is 0.369 e. The van der Waals surface area contributed by atoms with Crippen LogP contribution in [-0.2, 0) is 9.59 Å². The normalized spacial score (nSPS) is 26.6. The average molecular weight is 240 g/mol. The third-order valence-electron chi connectivity index (χ3n) is 3.52. The van der Waals surface area contributed by atoms with Crippen LogP contribution < -0.4 is 11.5 Å². The van der Waals surface area contributed by atoms with Crippen LogP contribution >= 0.6 is 0 Å². The highest BCUT2D eigenvalue weighted by Crippen LogP contribution is 2.16. The number of rotatable bonds is 3. The molecule has 6 nitrogen and oxygen atoms in total. The molecule has 1 atom stereocenters. The number of primary amides is 1. The van der Waals surface area contributed by atoms with Gasteiger partial charge in [-0.2, -0.15) is 0 Å². The molecule has 2 heterocycles. The first-order valence-electron chi connectivity index (χ1n) is 6.11. The van der Waals surface area contributed by atoms with Crippen LogP contribution in [0.2, 0.25) is 0 Å². The van der Waals surface area contributed by atoms with Crippen molar-refractivity contribution in [2.75, 3.05) is 32.7 Å². The van der Waals surface area contributed by atoms with Crippen molar-refractivity contribution < 1.29 is 9.59 Å². The van der Waals surface area contributed by atoms with Gasteiger partial charge in [-0.15, -0.1) is 0 Å². The molecule has 2 aliphatic rings. The maximum Gasteiger partial charge on any atom is 0.236 e. The summed E-state index contributed by atoms with van der Waals surface area (Å²) in [5.74, 6) is -0.386. The highest BCUT2D eigenvalue weighted by molar-refractivity contribution is 5.81. The number of carbonyl (C=O) groups excluding carboxylic acids is 2. The van der Waals surface area contributed by atoms with Crippen LogP contribution in [0.5, 0.6) is 0 Å². The number of hydrogen-bond donors (Lipinski definition) is 2. The number of nitrogens with zero attached hydrogens (tertiary/aromatic N) is 2. The van der Waals surface area contributed by atoms with Crippen molar-refractivity contribution in [1.82, 2.24) is 9.80 Å². The second-order valence-electron chi connectivity index (χ2n) is 5.04. The molecule has 2 rings (SSSR count). The van der Waals surface area contributed by atoms with Crippen LogP contribution in [0.25, 0.3) is 0 Å². The molecule has 2 aliphatic heterocycles. The van der Waals surface area contributed by atoms with Crippen LogP contribution in [0.3, 0.4) is 0 Å². The van der Waals surface area contributed by atoms with E-state index in [9.17, 15) is 9.59 Å². The quantitative estimate of drug-likeness (QED) is 0.618. The standard InChI is InChI=1S/C11H20N4O2/c12-9-5-14(6-9)7-10(16)15-3-1-2-8(4-15)11(13)17/h8-9H,1-7,12H2,(H2,13,17). The van der Waals surface area contributed by atoms with Crippen molar-refractivity contribution in [1.29, 1.82) is 0 Å². The van der Waals surface area contributed by atoms with Crippen LogP contribution in [0.4, 0.5) is 0 Å². The zero-order valence-corrected chi connectivity index (χ0v) is 9.97. The lowest BCUT2D eigenvalue weighted by Gasteiger charge is -2.38. The minimum Gasteiger partial charge on any atom is -0.369 e. The van der Waals surface area contributed by atoms with E-state index in [4.69, 9.17) is 11.5 Å². The molecule has 96 valence electrons. The lowest BCUT2D eigenvalue weighted by atomic mass is 9.97. The fourth-order valence-electron chi connectivity index (χ4n) is 2.47. The fraction of sp³-hybridized carbons (Fsp3) is 0.818. The maximum absolute atomic E-state index is 12.0. The predicted octanol–water partition coefficient (Wildman–Crippen LogP) is -1.65. The Hall–Kier alpha value is -1.14. The molecule has 0 aliphatic carbocycles. The minimum absolute atomic E-state index is 0.0860.